The second-order valence-electron chi connectivity index (χ2n) is 0.129. The van der Waals surface area contributed by atoms with Gasteiger partial charge < -0.3 is 1.43 Å². The number of hydrogen-bond donors (Lipinski definition) is 0. The number of nitriles is 1. The van der Waals surface area contributed by atoms with Gasteiger partial charge >= 0.3 is 29.6 Å². The molecule has 0 unspecified atom stereocenters. The second-order valence-corrected chi connectivity index (χ2v) is 0.129. The van der Waals surface area contributed by atoms with Crippen LogP contribution in [0.25, 0.3) is 0 Å². The van der Waals surface area contributed by atoms with Crippen molar-refractivity contribution in [2.45, 2.75) is 0 Å². The maximum absolute atomic E-state index is 7.10. The number of nitrogens with zero attached hydrogens (tertiary/aromatic N) is 1. The average Bonchev–Trinajstić information content (AvgIpc) is 0.918. The zero-order chi connectivity index (χ0) is 2.71. The Hall–Kier alpha value is 0.845. The van der Waals surface area contributed by atoms with E-state index in [9.17, 15) is 0 Å². The van der Waals surface area contributed by atoms with Crippen molar-refractivity contribution in [2.24, 2.45) is 0 Å². The van der Waals surface area contributed by atoms with Crippen molar-refractivity contribution in [3.05, 3.63) is 0 Å². The van der Waals surface area contributed by atoms with Gasteiger partial charge in [0.1, 0.15) is 0 Å². The molecule has 0 bridgehead atoms. The molecule has 0 atom stereocenters. The Morgan fingerprint density at radius 2 is 1.80 bits per heavy atom. The van der Waals surface area contributed by atoms with Gasteiger partial charge in [-0.1, -0.05) is 0 Å². The molecule has 0 amide bonds. The van der Waals surface area contributed by atoms with Gasteiger partial charge in [0.15, 0.2) is 0 Å². The molecule has 0 aromatic carbocycles. The Balaban J connectivity index is -0.00000000667. The van der Waals surface area contributed by atoms with Gasteiger partial charge in [0.2, 0.25) is 7.85 Å². The molecule has 0 saturated carbocycles. The van der Waals surface area contributed by atoms with Crippen LogP contribution in [-0.4, -0.2) is 7.85 Å². The Morgan fingerprint density at radius 1 is 1.80 bits per heavy atom. The van der Waals surface area contributed by atoms with E-state index < -0.39 is 0 Å². The van der Waals surface area contributed by atoms with Gasteiger partial charge in [-0.3, -0.25) is 0 Å². The van der Waals surface area contributed by atoms with Crippen LogP contribution in [0.2, 0.25) is 0 Å². The first-order chi connectivity index (χ1) is 1.41. The third kappa shape index (κ3) is 54.9. The predicted octanol–water partition coefficient (Wildman–Crippen LogP) is -2.83. The largest absolute Gasteiger partial charge is 1.00 e. The van der Waals surface area contributed by atoms with Gasteiger partial charge in [0, 0.05) is 0 Å². The molecule has 0 N–H and O–H groups in total. The van der Waals surface area contributed by atoms with Gasteiger partial charge in [-0.2, -0.15) is 0 Å². The molecule has 0 aliphatic rings. The van der Waals surface area contributed by atoms with Gasteiger partial charge in [-0.25, -0.2) is 5.26 Å². The minimum absolute atomic E-state index is 0. The Kier molecular flexibility index (Phi) is 71.3. The van der Waals surface area contributed by atoms with Crippen LogP contribution < -0.4 is 29.6 Å². The molecule has 22 valence electrons. The van der Waals surface area contributed by atoms with Crippen molar-refractivity contribution in [2.75, 3.05) is 0 Å². The maximum atomic E-state index is 7.10. The fourth-order valence-corrected chi connectivity index (χ4v) is 0. The predicted molar refractivity (Wildman–Crippen MR) is 19.7 cm³/mol. The zero-order valence-corrected chi connectivity index (χ0v) is 5.75. The van der Waals surface area contributed by atoms with Crippen LogP contribution in [0.5, 0.6) is 0 Å². The smallest absolute Gasteiger partial charge is 1.00 e. The summed E-state index contributed by atoms with van der Waals surface area (Å²) >= 11 is 0. The molecule has 0 fully saturated rings. The first-order valence-electron chi connectivity index (χ1n) is 0.512. The molecule has 5 heavy (non-hydrogen) atoms. The van der Waals surface area contributed by atoms with E-state index in [4.69, 9.17) is 5.26 Å². The van der Waals surface area contributed by atoms with Gasteiger partial charge in [-0.15, -0.1) is 12.4 Å². The van der Waals surface area contributed by atoms with Crippen LogP contribution in [0.1, 0.15) is 1.43 Å². The molecule has 0 aromatic rings. The van der Waals surface area contributed by atoms with E-state index in [1.54, 1.807) is 0 Å². The van der Waals surface area contributed by atoms with Crippen molar-refractivity contribution in [1.82, 2.24) is 0 Å². The summed E-state index contributed by atoms with van der Waals surface area (Å²) in [6.07, 6.45) is 0. The molecular formula is CH2BClNNa. The number of hydrogen-bond acceptors (Lipinski definition) is 1. The topological polar surface area (TPSA) is 23.8 Å². The van der Waals surface area contributed by atoms with E-state index in [0.717, 1.165) is 0 Å². The van der Waals surface area contributed by atoms with E-state index in [2.05, 4.69) is 7.85 Å². The molecule has 0 saturated heterocycles. The van der Waals surface area contributed by atoms with Gasteiger partial charge in [0.25, 0.3) is 0 Å². The van der Waals surface area contributed by atoms with Crippen LogP contribution in [0.15, 0.2) is 0 Å². The summed E-state index contributed by atoms with van der Waals surface area (Å²) in [4.78, 5) is 0. The van der Waals surface area contributed by atoms with Crippen molar-refractivity contribution in [3.63, 3.8) is 0 Å². The van der Waals surface area contributed by atoms with Crippen LogP contribution in [0, 0.1) is 11.2 Å². The fraction of sp³-hybridized carbons (Fsp3) is 0. The van der Waals surface area contributed by atoms with Crippen molar-refractivity contribution >= 4 is 20.3 Å². The van der Waals surface area contributed by atoms with Crippen LogP contribution in [0.4, 0.5) is 0 Å². The van der Waals surface area contributed by atoms with Crippen molar-refractivity contribution in [1.29, 1.82) is 5.26 Å². The van der Waals surface area contributed by atoms with E-state index in [1.807, 2.05) is 0 Å². The molecule has 4 heteroatoms. The van der Waals surface area contributed by atoms with Crippen LogP contribution in [0.3, 0.4) is 0 Å². The third-order valence-electron chi connectivity index (χ3n) is 0. The summed E-state index contributed by atoms with van der Waals surface area (Å²) in [6, 6.07) is 0. The van der Waals surface area contributed by atoms with Crippen LogP contribution >= 0.6 is 12.4 Å². The maximum Gasteiger partial charge on any atom is 1.00 e. The summed E-state index contributed by atoms with van der Waals surface area (Å²) in [5.74, 6) is 1.25. The third-order valence-corrected chi connectivity index (χ3v) is 0. The molecule has 2 radical (unpaired) electrons. The molecule has 0 spiro atoms. The molecule has 0 aliphatic heterocycles. The Labute approximate surface area is 62.3 Å². The standard InChI is InChI=1S/CBN.ClH.Na.H/c2-1-3;;;/h;1H;;/q;;+1;-1. The normalized spacial score (nSPS) is 1.40. The van der Waals surface area contributed by atoms with Crippen LogP contribution in [-0.2, 0) is 0 Å². The molecule has 1 nitrogen and oxygen atoms in total. The molecular weight excluding hydrogens is 95.3 g/mol. The molecule has 0 rings (SSSR count). The fourth-order valence-electron chi connectivity index (χ4n) is 0. The average molecular weight is 97.3 g/mol. The molecule has 0 heterocycles. The summed E-state index contributed by atoms with van der Waals surface area (Å²) in [5.41, 5.74) is 0. The summed E-state index contributed by atoms with van der Waals surface area (Å²) < 4.78 is 0. The zero-order valence-electron chi connectivity index (χ0n) is 3.93. The first kappa shape index (κ1) is 17.0. The second kappa shape index (κ2) is 21.0. The van der Waals surface area contributed by atoms with Crippen molar-refractivity contribution < 1.29 is 31.0 Å². The minimum Gasteiger partial charge on any atom is -1.00 e. The Morgan fingerprint density at radius 3 is 1.80 bits per heavy atom. The van der Waals surface area contributed by atoms with Crippen molar-refractivity contribution in [3.8, 4) is 5.97 Å². The van der Waals surface area contributed by atoms with E-state index >= 15 is 0 Å². The molecule has 0 aromatic heterocycles. The van der Waals surface area contributed by atoms with Gasteiger partial charge in [0.05, 0.1) is 0 Å². The SMILES string of the molecule is Cl.[B]C#N.[H-].[Na+]. The van der Waals surface area contributed by atoms with Gasteiger partial charge in [-0.05, 0) is 5.97 Å². The van der Waals surface area contributed by atoms with E-state index in [1.165, 1.54) is 5.97 Å². The monoisotopic (exact) mass is 97.0 g/mol. The Bertz CT molecular complexity index is 37.0. The summed E-state index contributed by atoms with van der Waals surface area (Å²) in [5, 5.41) is 7.10. The van der Waals surface area contributed by atoms with E-state index in [-0.39, 0.29) is 43.4 Å². The quantitative estimate of drug-likeness (QED) is 0.299. The number of halogens is 1. The molecule has 0 aliphatic carbocycles. The summed E-state index contributed by atoms with van der Waals surface area (Å²) in [6.45, 7) is 0. The first-order valence-corrected chi connectivity index (χ1v) is 0.512. The van der Waals surface area contributed by atoms with E-state index in [0.29, 0.717) is 0 Å². The summed E-state index contributed by atoms with van der Waals surface area (Å²) in [7, 11) is 4.15. The number of rotatable bonds is 0. The minimum atomic E-state index is 0.